The Morgan fingerprint density at radius 2 is 0.645 bits per heavy atom. The van der Waals surface area contributed by atoms with Crippen LogP contribution in [0.4, 0.5) is 0 Å². The van der Waals surface area contributed by atoms with Crippen molar-refractivity contribution >= 4 is 127 Å². The van der Waals surface area contributed by atoms with Gasteiger partial charge in [0.15, 0.2) is 0 Å². The molecule has 0 saturated heterocycles. The number of nitrogens with one attached hydrogen (secondary N) is 5. The van der Waals surface area contributed by atoms with Crippen molar-refractivity contribution in [2.45, 2.75) is 39.3 Å². The molecule has 0 unspecified atom stereocenters. The Balaban J connectivity index is 0.000000154. The summed E-state index contributed by atoms with van der Waals surface area (Å²) in [6.45, 7) is 4.46. The summed E-state index contributed by atoms with van der Waals surface area (Å²) in [6.07, 6.45) is 0. The Bertz CT molecular complexity index is 3300. The van der Waals surface area contributed by atoms with E-state index < -0.39 is 0 Å². The quantitative estimate of drug-likeness (QED) is 0.0799. The number of benzene rings is 6. The molecule has 12 rings (SSSR count). The third kappa shape index (κ3) is 16.6. The molecule has 76 heavy (non-hydrogen) atoms. The van der Waals surface area contributed by atoms with Crippen LogP contribution in [-0.2, 0) is 92.0 Å². The first kappa shape index (κ1) is 59.0. The summed E-state index contributed by atoms with van der Waals surface area (Å²) in [5, 5.41) is 3.35. The van der Waals surface area contributed by atoms with Crippen molar-refractivity contribution in [3.05, 3.63) is 181 Å². The molecule has 0 amide bonds. The molecule has 15 nitrogen and oxygen atoms in total. The third-order valence-electron chi connectivity index (χ3n) is 11.8. The van der Waals surface area contributed by atoms with Crippen LogP contribution in [0.5, 0.6) is 0 Å². The molecule has 0 radical (unpaired) electrons. The fourth-order valence-corrected chi connectivity index (χ4v) is 8.42. The van der Waals surface area contributed by atoms with Crippen LogP contribution in [0.2, 0.25) is 0 Å². The molecule has 0 atom stereocenters. The van der Waals surface area contributed by atoms with Gasteiger partial charge in [-0.25, -0.2) is 29.9 Å². The third-order valence-corrected chi connectivity index (χ3v) is 11.8. The number of aryl methyl sites for hydroxylation is 2. The smallest absolute Gasteiger partial charge is 0.121 e. The van der Waals surface area contributed by atoms with E-state index in [2.05, 4.69) is 129 Å². The average Bonchev–Trinajstić information content (AvgIpc) is 4.29. The molecule has 0 spiro atoms. The molecule has 0 aliphatic carbocycles. The molecule has 0 aliphatic heterocycles. The molecule has 0 aliphatic rings. The van der Waals surface area contributed by atoms with Crippen molar-refractivity contribution in [1.29, 1.82) is 0 Å². The number of rotatable bonds is 12. The fourth-order valence-electron chi connectivity index (χ4n) is 8.42. The van der Waals surface area contributed by atoms with Crippen molar-refractivity contribution in [3.63, 3.8) is 0 Å². The van der Waals surface area contributed by atoms with Crippen LogP contribution in [0.1, 0.15) is 34.9 Å². The Morgan fingerprint density at radius 3 is 0.961 bits per heavy atom. The van der Waals surface area contributed by atoms with Crippen molar-refractivity contribution in [3.8, 4) is 0 Å². The van der Waals surface area contributed by atoms with Gasteiger partial charge in [0.05, 0.1) is 105 Å². The normalized spacial score (nSPS) is 11.2. The van der Waals surface area contributed by atoms with Gasteiger partial charge in [-0.15, -0.1) is 0 Å². The van der Waals surface area contributed by atoms with Gasteiger partial charge in [0.1, 0.15) is 34.9 Å². The molecule has 0 saturated carbocycles. The second kappa shape index (κ2) is 30.4. The van der Waals surface area contributed by atoms with E-state index in [-0.39, 0.29) is 0 Å². The number of nitrogens with zero attached hydrogens (tertiary/aromatic N) is 10. The van der Waals surface area contributed by atoms with Gasteiger partial charge in [-0.05, 0) is 86.9 Å². The first-order valence-electron chi connectivity index (χ1n) is 23.2. The molecular formula is C52H53Cl6Co3N15+3. The van der Waals surface area contributed by atoms with Crippen molar-refractivity contribution < 1.29 is 38.7 Å². The molecule has 12 aromatic rings. The number of fused-ring (bicyclic) bond motifs is 6. The van der Waals surface area contributed by atoms with Gasteiger partial charge in [-0.3, -0.25) is 9.80 Å². The monoisotopic (exact) mass is 1270 g/mol. The van der Waals surface area contributed by atoms with E-state index in [4.69, 9.17) is 70.8 Å². The van der Waals surface area contributed by atoms with Crippen molar-refractivity contribution in [2.24, 2.45) is 14.1 Å². The van der Waals surface area contributed by atoms with Crippen LogP contribution in [0.25, 0.3) is 66.2 Å². The van der Waals surface area contributed by atoms with Crippen LogP contribution in [-0.4, -0.2) is 82.9 Å². The average molecular weight is 1280 g/mol. The predicted molar refractivity (Wildman–Crippen MR) is 302 cm³/mol. The van der Waals surface area contributed by atoms with E-state index in [0.29, 0.717) is 51.8 Å². The maximum absolute atomic E-state index is 4.75. The van der Waals surface area contributed by atoms with E-state index in [9.17, 15) is 0 Å². The molecule has 402 valence electrons. The zero-order chi connectivity index (χ0) is 53.8. The van der Waals surface area contributed by atoms with Gasteiger partial charge in [0.25, 0.3) is 0 Å². The van der Waals surface area contributed by atoms with Gasteiger partial charge in [-0.1, -0.05) is 72.8 Å². The summed E-state index contributed by atoms with van der Waals surface area (Å²) in [4.78, 5) is 45.6. The van der Waals surface area contributed by atoms with Crippen LogP contribution in [0, 0.1) is 0 Å². The number of hydrogen-bond acceptors (Lipinski definition) is 9. The summed E-state index contributed by atoms with van der Waals surface area (Å²) in [6, 6.07) is 48.8. The fraction of sp³-hybridized carbons (Fsp3) is 0.192. The van der Waals surface area contributed by atoms with Crippen LogP contribution < -0.4 is 5.32 Å². The maximum atomic E-state index is 4.75. The minimum Gasteiger partial charge on any atom is -0.341 e. The molecule has 0 fully saturated rings. The van der Waals surface area contributed by atoms with Gasteiger partial charge >= 0.3 is 99.6 Å². The molecule has 6 aromatic carbocycles. The zero-order valence-corrected chi connectivity index (χ0v) is 49.0. The van der Waals surface area contributed by atoms with Gasteiger partial charge in [0, 0.05) is 14.1 Å². The number of halogens is 6. The molecule has 6 heterocycles. The largest absolute Gasteiger partial charge is 0.341 e. The van der Waals surface area contributed by atoms with Gasteiger partial charge < -0.3 is 34.4 Å². The van der Waals surface area contributed by atoms with Crippen LogP contribution in [0.15, 0.2) is 146 Å². The summed E-state index contributed by atoms with van der Waals surface area (Å²) in [7, 11) is 36.7. The Labute approximate surface area is 483 Å². The Morgan fingerprint density at radius 1 is 0.382 bits per heavy atom. The maximum Gasteiger partial charge on any atom is 0.121 e. The van der Waals surface area contributed by atoms with E-state index >= 15 is 0 Å². The van der Waals surface area contributed by atoms with E-state index in [0.717, 1.165) is 116 Å². The number of para-hydroxylation sites is 12. The molecule has 0 bridgehead atoms. The van der Waals surface area contributed by atoms with Crippen molar-refractivity contribution in [1.82, 2.24) is 74.1 Å². The number of aromatic nitrogens is 12. The Hall–Kier alpha value is -4.72. The van der Waals surface area contributed by atoms with E-state index in [1.165, 1.54) is 11.0 Å². The topological polar surface area (TPSA) is 169 Å². The molecule has 24 heteroatoms. The Kier molecular flexibility index (Phi) is 23.6. The van der Waals surface area contributed by atoms with Crippen molar-refractivity contribution in [2.75, 3.05) is 14.1 Å². The molecule has 6 aromatic heterocycles. The van der Waals surface area contributed by atoms with E-state index in [1.54, 1.807) is 0 Å². The van der Waals surface area contributed by atoms with Crippen LogP contribution in [0.3, 0.4) is 0 Å². The summed E-state index contributed by atoms with van der Waals surface area (Å²) in [5.74, 6) is 5.95. The molecule has 5 N–H and O–H groups in total. The van der Waals surface area contributed by atoms with Gasteiger partial charge in [-0.2, -0.15) is 0 Å². The second-order valence-electron chi connectivity index (χ2n) is 17.0. The summed E-state index contributed by atoms with van der Waals surface area (Å²) in [5.41, 5.74) is 12.7. The summed E-state index contributed by atoms with van der Waals surface area (Å²) < 4.78 is 4.33. The second-order valence-corrected chi connectivity index (χ2v) is 22.2. The number of hydrogen-bond donors (Lipinski definition) is 5. The minimum absolute atomic E-state index is 0.382. The summed E-state index contributed by atoms with van der Waals surface area (Å²) >= 11 is 1.15. The van der Waals surface area contributed by atoms with E-state index in [1.807, 2.05) is 109 Å². The minimum atomic E-state index is 0.382. The first-order chi connectivity index (χ1) is 37.0. The first-order valence-corrected chi connectivity index (χ1v) is 31.8. The zero-order valence-electron chi connectivity index (χ0n) is 41.3. The number of H-pyrrole nitrogens is 4. The SMILES string of the molecule is CN(Cc1nc2ccccc2[nH]1)Cc1nc2ccccc2[nH]1.CN(Cc1nc2ccccc2n1C)Cc1nc2ccccc2n1C.[Cl][Co+][Cl].[Cl][Co+][Cl].[Cl][Co+][Cl].c1ccc2[nH]c(CNCc3nc4ccccc4[nH]3)nc2c1. The predicted octanol–water partition coefficient (Wildman–Crippen LogP) is 13.0. The molecular weight excluding hydrogens is 1220 g/mol. The number of aromatic amines is 4. The standard InChI is InChI=1S/C19H21N5.C17H17N5.C16H15N5.6ClH.3Co/c1-22(12-18-20-14-8-4-6-10-16(14)23(18)2)13-19-21-15-9-5-7-11-17(15)24(19)3;1-22(10-16-18-12-6-2-3-7-13(12)19-16)11-17-20-14-8-4-5-9-15(14)21-17;1-2-6-12-11(5-1)18-15(19-12)9-17-10-16-20-13-7-3-4-8-14(13)21-16;;;;;;;;;/h4-11H,12-13H2,1-3H3;2-9H,10-11H2,1H3,(H,18,19)(H,20,21);1-8,17H,9-10H2,(H,18,19)(H,20,21);6*1H;;;/q;;;;;;;;;3*+3/p-6. The van der Waals surface area contributed by atoms with Gasteiger partial charge in [0.2, 0.25) is 0 Å². The number of imidazole rings is 6. The van der Waals surface area contributed by atoms with Crippen LogP contribution >= 0.6 is 60.9 Å².